The van der Waals surface area contributed by atoms with Crippen LogP contribution in [-0.4, -0.2) is 28.5 Å². The SMILES string of the molecule is Cc1ccc(-c2ccc(Cl)cc2)cc1C1=C(O)CN(C2CCCCC2)C1=O. The third kappa shape index (κ3) is 3.49. The van der Waals surface area contributed by atoms with Crippen molar-refractivity contribution in [2.45, 2.75) is 45.1 Å². The number of aliphatic hydroxyl groups excluding tert-OH is 1. The molecule has 0 spiro atoms. The first-order valence-electron chi connectivity index (χ1n) is 9.64. The van der Waals surface area contributed by atoms with Crippen LogP contribution in [0.25, 0.3) is 16.7 Å². The minimum Gasteiger partial charge on any atom is -0.510 e. The predicted octanol–water partition coefficient (Wildman–Crippen LogP) is 5.76. The average molecular weight is 382 g/mol. The van der Waals surface area contributed by atoms with E-state index in [4.69, 9.17) is 11.6 Å². The van der Waals surface area contributed by atoms with Crippen molar-refractivity contribution in [1.82, 2.24) is 4.90 Å². The van der Waals surface area contributed by atoms with E-state index in [0.717, 1.165) is 47.9 Å². The number of hydrogen-bond donors (Lipinski definition) is 1. The largest absolute Gasteiger partial charge is 0.510 e. The number of rotatable bonds is 3. The van der Waals surface area contributed by atoms with E-state index in [9.17, 15) is 9.90 Å². The van der Waals surface area contributed by atoms with Gasteiger partial charge in [0.05, 0.1) is 12.1 Å². The molecule has 1 heterocycles. The molecule has 140 valence electrons. The Kier molecular flexibility index (Phi) is 4.96. The Morgan fingerprint density at radius 1 is 1.00 bits per heavy atom. The zero-order chi connectivity index (χ0) is 19.0. The second kappa shape index (κ2) is 7.40. The smallest absolute Gasteiger partial charge is 0.258 e. The molecule has 1 saturated carbocycles. The maximum Gasteiger partial charge on any atom is 0.258 e. The molecule has 4 heteroatoms. The van der Waals surface area contributed by atoms with Crippen molar-refractivity contribution in [3.05, 3.63) is 64.4 Å². The van der Waals surface area contributed by atoms with Crippen LogP contribution in [0.1, 0.15) is 43.2 Å². The normalized spacial score (nSPS) is 18.4. The molecule has 1 N–H and O–H groups in total. The van der Waals surface area contributed by atoms with Gasteiger partial charge in [0, 0.05) is 11.1 Å². The number of amides is 1. The molecule has 0 bridgehead atoms. The molecule has 1 amide bonds. The fourth-order valence-electron chi connectivity index (χ4n) is 4.25. The molecular weight excluding hydrogens is 358 g/mol. The van der Waals surface area contributed by atoms with E-state index < -0.39 is 0 Å². The van der Waals surface area contributed by atoms with Crippen molar-refractivity contribution in [3.63, 3.8) is 0 Å². The molecule has 2 aromatic rings. The van der Waals surface area contributed by atoms with E-state index in [0.29, 0.717) is 17.1 Å². The molecule has 1 aliphatic heterocycles. The van der Waals surface area contributed by atoms with Crippen LogP contribution >= 0.6 is 11.6 Å². The summed E-state index contributed by atoms with van der Waals surface area (Å²) in [6, 6.07) is 14.0. The quantitative estimate of drug-likeness (QED) is 0.734. The van der Waals surface area contributed by atoms with Crippen molar-refractivity contribution in [2.24, 2.45) is 0 Å². The molecule has 1 fully saturated rings. The topological polar surface area (TPSA) is 40.5 Å². The molecule has 27 heavy (non-hydrogen) atoms. The Hall–Kier alpha value is -2.26. The summed E-state index contributed by atoms with van der Waals surface area (Å²) in [5.41, 5.74) is 4.33. The van der Waals surface area contributed by atoms with Crippen LogP contribution in [0.3, 0.4) is 0 Å². The third-order valence-electron chi connectivity index (χ3n) is 5.78. The van der Waals surface area contributed by atoms with Gasteiger partial charge in [0.25, 0.3) is 5.91 Å². The number of aliphatic hydroxyl groups is 1. The first-order valence-corrected chi connectivity index (χ1v) is 10.0. The van der Waals surface area contributed by atoms with E-state index in [1.807, 2.05) is 54.3 Å². The van der Waals surface area contributed by atoms with Gasteiger partial charge in [0.1, 0.15) is 5.76 Å². The number of halogens is 1. The maximum atomic E-state index is 13.2. The summed E-state index contributed by atoms with van der Waals surface area (Å²) < 4.78 is 0. The number of benzene rings is 2. The van der Waals surface area contributed by atoms with Gasteiger partial charge >= 0.3 is 0 Å². The highest BCUT2D eigenvalue weighted by Gasteiger charge is 2.36. The van der Waals surface area contributed by atoms with Gasteiger partial charge in [-0.05, 0) is 60.2 Å². The number of aryl methyl sites for hydroxylation is 1. The van der Waals surface area contributed by atoms with Crippen LogP contribution in [0.2, 0.25) is 5.02 Å². The van der Waals surface area contributed by atoms with Gasteiger partial charge < -0.3 is 10.0 Å². The minimum atomic E-state index is -0.0317. The number of nitrogens with zero attached hydrogens (tertiary/aromatic N) is 1. The van der Waals surface area contributed by atoms with Gasteiger partial charge in [-0.15, -0.1) is 0 Å². The summed E-state index contributed by atoms with van der Waals surface area (Å²) in [5.74, 6) is 0.165. The lowest BCUT2D eigenvalue weighted by molar-refractivity contribution is -0.126. The molecule has 1 aliphatic carbocycles. The Morgan fingerprint density at radius 2 is 1.67 bits per heavy atom. The second-order valence-electron chi connectivity index (χ2n) is 7.58. The van der Waals surface area contributed by atoms with Crippen LogP contribution in [0, 0.1) is 6.92 Å². The lowest BCUT2D eigenvalue weighted by Gasteiger charge is -2.31. The lowest BCUT2D eigenvalue weighted by Crippen LogP contribution is -2.39. The van der Waals surface area contributed by atoms with Gasteiger partial charge in [-0.2, -0.15) is 0 Å². The van der Waals surface area contributed by atoms with Crippen molar-refractivity contribution in [1.29, 1.82) is 0 Å². The van der Waals surface area contributed by atoms with Crippen LogP contribution in [0.15, 0.2) is 48.2 Å². The highest BCUT2D eigenvalue weighted by atomic mass is 35.5. The van der Waals surface area contributed by atoms with Crippen molar-refractivity contribution in [2.75, 3.05) is 6.54 Å². The highest BCUT2D eigenvalue weighted by Crippen LogP contribution is 2.35. The number of carbonyl (C=O) groups excluding carboxylic acids is 1. The fraction of sp³-hybridized carbons (Fsp3) is 0.348. The summed E-state index contributed by atoms with van der Waals surface area (Å²) in [6.45, 7) is 2.32. The highest BCUT2D eigenvalue weighted by molar-refractivity contribution is 6.30. The summed E-state index contributed by atoms with van der Waals surface area (Å²) in [7, 11) is 0. The lowest BCUT2D eigenvalue weighted by atomic mass is 9.93. The van der Waals surface area contributed by atoms with Gasteiger partial charge in [-0.3, -0.25) is 4.79 Å². The van der Waals surface area contributed by atoms with Crippen LogP contribution in [-0.2, 0) is 4.79 Å². The Morgan fingerprint density at radius 3 is 2.37 bits per heavy atom. The molecule has 4 rings (SSSR count). The molecule has 0 saturated heterocycles. The Labute approximate surface area is 165 Å². The van der Waals surface area contributed by atoms with Gasteiger partial charge in [0.2, 0.25) is 0 Å². The van der Waals surface area contributed by atoms with E-state index >= 15 is 0 Å². The second-order valence-corrected chi connectivity index (χ2v) is 8.02. The van der Waals surface area contributed by atoms with Gasteiger partial charge in [0.15, 0.2) is 0 Å². The van der Waals surface area contributed by atoms with Crippen molar-refractivity contribution < 1.29 is 9.90 Å². The first kappa shape index (κ1) is 18.1. The molecule has 2 aliphatic rings. The monoisotopic (exact) mass is 381 g/mol. The number of hydrogen-bond acceptors (Lipinski definition) is 2. The standard InChI is InChI=1S/C23H24ClNO2/c1-15-7-8-17(16-9-11-18(24)12-10-16)13-20(15)22-21(26)14-25(23(22)27)19-5-3-2-4-6-19/h7-13,19,26H,2-6,14H2,1H3. The van der Waals surface area contributed by atoms with Crippen molar-refractivity contribution in [3.8, 4) is 11.1 Å². The summed E-state index contributed by atoms with van der Waals surface area (Å²) in [6.07, 6.45) is 5.64. The molecule has 3 nitrogen and oxygen atoms in total. The minimum absolute atomic E-state index is 0.0317. The zero-order valence-electron chi connectivity index (χ0n) is 15.5. The van der Waals surface area contributed by atoms with Crippen molar-refractivity contribution >= 4 is 23.1 Å². The molecule has 0 radical (unpaired) electrons. The van der Waals surface area contributed by atoms with E-state index in [1.165, 1.54) is 6.42 Å². The van der Waals surface area contributed by atoms with Gasteiger partial charge in [-0.1, -0.05) is 55.1 Å². The molecule has 0 unspecified atom stereocenters. The fourth-order valence-corrected chi connectivity index (χ4v) is 4.38. The first-order chi connectivity index (χ1) is 13.0. The molecular formula is C23H24ClNO2. The summed E-state index contributed by atoms with van der Waals surface area (Å²) >= 11 is 6.00. The number of carbonyl (C=O) groups is 1. The third-order valence-corrected chi connectivity index (χ3v) is 6.04. The molecule has 0 atom stereocenters. The molecule has 0 aromatic heterocycles. The Bertz CT molecular complexity index is 895. The van der Waals surface area contributed by atoms with E-state index in [2.05, 4.69) is 0 Å². The summed E-state index contributed by atoms with van der Waals surface area (Å²) in [5, 5.41) is 11.3. The summed E-state index contributed by atoms with van der Waals surface area (Å²) in [4.78, 5) is 15.0. The molecule has 2 aromatic carbocycles. The van der Waals surface area contributed by atoms with Gasteiger partial charge in [-0.25, -0.2) is 0 Å². The maximum absolute atomic E-state index is 13.2. The zero-order valence-corrected chi connectivity index (χ0v) is 16.3. The average Bonchev–Trinajstić information content (AvgIpc) is 2.98. The van der Waals surface area contributed by atoms with E-state index in [1.54, 1.807) is 0 Å². The van der Waals surface area contributed by atoms with Crippen LogP contribution < -0.4 is 0 Å². The van der Waals surface area contributed by atoms with E-state index in [-0.39, 0.29) is 17.7 Å². The predicted molar refractivity (Wildman–Crippen MR) is 110 cm³/mol. The Balaban J connectivity index is 1.68. The van der Waals surface area contributed by atoms with Crippen LogP contribution in [0.5, 0.6) is 0 Å². The van der Waals surface area contributed by atoms with Crippen LogP contribution in [0.4, 0.5) is 0 Å².